The van der Waals surface area contributed by atoms with E-state index in [0.717, 1.165) is 38.5 Å². The maximum absolute atomic E-state index is 11.7. The van der Waals surface area contributed by atoms with Gasteiger partial charge in [0.1, 0.15) is 6.10 Å². The molecule has 0 radical (unpaired) electrons. The van der Waals surface area contributed by atoms with Crippen molar-refractivity contribution in [2.24, 2.45) is 34.5 Å². The number of halogens is 1. The molecule has 4 nitrogen and oxygen atoms in total. The summed E-state index contributed by atoms with van der Waals surface area (Å²) in [6.07, 6.45) is 7.58. The second-order valence-electron chi connectivity index (χ2n) is 10.3. The number of ether oxygens (including phenoxy) is 2. The number of fused-ring (bicyclic) bond motifs is 5. The molecule has 4 aliphatic rings. The van der Waals surface area contributed by atoms with Crippen molar-refractivity contribution in [2.75, 3.05) is 7.11 Å². The Morgan fingerprint density at radius 2 is 1.78 bits per heavy atom. The van der Waals surface area contributed by atoms with E-state index in [0.29, 0.717) is 35.2 Å². The first kappa shape index (κ1) is 20.2. The van der Waals surface area contributed by atoms with Crippen LogP contribution in [0.25, 0.3) is 0 Å². The standard InChI is InChI=1S/C22H35BrO4/c1-12(24)27-20-17(23)11-16-19-15(6-8-22(16,20)3)21(2)7-5-14(26-4)9-13(21)10-18(19)25/h13-20,25H,5-11H2,1-4H3/t13?,14-,15?,16?,17+,18-,19?,20-,21-,22-/m0/s1. The maximum Gasteiger partial charge on any atom is 0.302 e. The molecule has 4 unspecified atom stereocenters. The lowest BCUT2D eigenvalue weighted by Gasteiger charge is -2.62. The minimum Gasteiger partial charge on any atom is -0.461 e. The van der Waals surface area contributed by atoms with Crippen LogP contribution in [0.2, 0.25) is 0 Å². The molecule has 4 rings (SSSR count). The van der Waals surface area contributed by atoms with Crippen LogP contribution in [0.4, 0.5) is 0 Å². The molecule has 0 aliphatic heterocycles. The molecule has 0 aromatic carbocycles. The molecule has 4 saturated carbocycles. The number of rotatable bonds is 2. The van der Waals surface area contributed by atoms with Gasteiger partial charge in [0.25, 0.3) is 0 Å². The Morgan fingerprint density at radius 1 is 1.07 bits per heavy atom. The van der Waals surface area contributed by atoms with Gasteiger partial charge in [-0.25, -0.2) is 0 Å². The zero-order valence-corrected chi connectivity index (χ0v) is 18.7. The first-order chi connectivity index (χ1) is 12.7. The van der Waals surface area contributed by atoms with Gasteiger partial charge in [-0.3, -0.25) is 4.79 Å². The van der Waals surface area contributed by atoms with Gasteiger partial charge in [-0.2, -0.15) is 0 Å². The molecule has 4 aliphatic carbocycles. The number of aliphatic hydroxyl groups excluding tert-OH is 1. The minimum absolute atomic E-state index is 0.0328. The summed E-state index contributed by atoms with van der Waals surface area (Å²) in [4.78, 5) is 11.9. The highest BCUT2D eigenvalue weighted by atomic mass is 79.9. The van der Waals surface area contributed by atoms with Crippen molar-refractivity contribution in [3.05, 3.63) is 0 Å². The summed E-state index contributed by atoms with van der Waals surface area (Å²) in [5.74, 6) is 1.67. The Bertz CT molecular complexity index is 597. The summed E-state index contributed by atoms with van der Waals surface area (Å²) in [7, 11) is 1.82. The van der Waals surface area contributed by atoms with Gasteiger partial charge in [-0.1, -0.05) is 29.8 Å². The van der Waals surface area contributed by atoms with Crippen molar-refractivity contribution in [3.63, 3.8) is 0 Å². The van der Waals surface area contributed by atoms with E-state index in [4.69, 9.17) is 9.47 Å². The van der Waals surface area contributed by atoms with E-state index in [1.165, 1.54) is 13.3 Å². The molecule has 4 fully saturated rings. The van der Waals surface area contributed by atoms with Gasteiger partial charge in [-0.05, 0) is 74.0 Å². The second-order valence-corrected chi connectivity index (χ2v) is 11.4. The summed E-state index contributed by atoms with van der Waals surface area (Å²) in [5, 5.41) is 11.3. The zero-order valence-electron chi connectivity index (χ0n) is 17.1. The van der Waals surface area contributed by atoms with Gasteiger partial charge in [0, 0.05) is 19.4 Å². The van der Waals surface area contributed by atoms with E-state index >= 15 is 0 Å². The fraction of sp³-hybridized carbons (Fsp3) is 0.955. The Hall–Kier alpha value is -0.130. The number of esters is 1. The topological polar surface area (TPSA) is 55.8 Å². The summed E-state index contributed by atoms with van der Waals surface area (Å²) >= 11 is 3.82. The Kier molecular flexibility index (Phi) is 5.21. The third kappa shape index (κ3) is 3.02. The summed E-state index contributed by atoms with van der Waals surface area (Å²) < 4.78 is 11.5. The summed E-state index contributed by atoms with van der Waals surface area (Å²) in [5.41, 5.74) is 0.274. The van der Waals surface area contributed by atoms with Crippen LogP contribution in [0.1, 0.15) is 65.7 Å². The zero-order chi connectivity index (χ0) is 19.6. The van der Waals surface area contributed by atoms with Gasteiger partial charge in [-0.15, -0.1) is 0 Å². The van der Waals surface area contributed by atoms with Crippen molar-refractivity contribution >= 4 is 21.9 Å². The molecule has 0 aromatic heterocycles. The monoisotopic (exact) mass is 442 g/mol. The fourth-order valence-electron chi connectivity index (χ4n) is 7.71. The second kappa shape index (κ2) is 6.98. The molecule has 27 heavy (non-hydrogen) atoms. The van der Waals surface area contributed by atoms with Crippen molar-refractivity contribution in [3.8, 4) is 0 Å². The quantitative estimate of drug-likeness (QED) is 0.510. The summed E-state index contributed by atoms with van der Waals surface area (Å²) in [6.45, 7) is 6.29. The van der Waals surface area contributed by atoms with Crippen LogP contribution >= 0.6 is 15.9 Å². The normalized spacial score (nSPS) is 54.6. The number of hydrogen-bond donors (Lipinski definition) is 1. The Balaban J connectivity index is 1.63. The van der Waals surface area contributed by atoms with Crippen LogP contribution in [0.5, 0.6) is 0 Å². The van der Waals surface area contributed by atoms with Crippen LogP contribution in [0.3, 0.4) is 0 Å². The first-order valence-electron chi connectivity index (χ1n) is 10.7. The number of carbonyl (C=O) groups excluding carboxylic acids is 1. The van der Waals surface area contributed by atoms with Crippen molar-refractivity contribution in [2.45, 2.75) is 88.9 Å². The first-order valence-corrected chi connectivity index (χ1v) is 11.6. The lowest BCUT2D eigenvalue weighted by atomic mass is 9.44. The predicted octanol–water partition coefficient (Wildman–Crippen LogP) is 4.32. The maximum atomic E-state index is 11.7. The molecule has 0 saturated heterocycles. The fourth-order valence-corrected chi connectivity index (χ4v) is 8.83. The van der Waals surface area contributed by atoms with Crippen LogP contribution < -0.4 is 0 Å². The highest BCUT2D eigenvalue weighted by molar-refractivity contribution is 9.09. The lowest BCUT2D eigenvalue weighted by molar-refractivity contribution is -0.185. The molecule has 0 amide bonds. The van der Waals surface area contributed by atoms with E-state index in [9.17, 15) is 9.90 Å². The summed E-state index contributed by atoms with van der Waals surface area (Å²) in [6, 6.07) is 0. The smallest absolute Gasteiger partial charge is 0.302 e. The molecular weight excluding hydrogens is 408 g/mol. The lowest BCUT2D eigenvalue weighted by Crippen LogP contribution is -2.59. The number of carbonyl (C=O) groups is 1. The van der Waals surface area contributed by atoms with E-state index in [-0.39, 0.29) is 28.4 Å². The van der Waals surface area contributed by atoms with E-state index in [1.807, 2.05) is 7.11 Å². The average molecular weight is 443 g/mol. The van der Waals surface area contributed by atoms with Crippen molar-refractivity contribution in [1.29, 1.82) is 0 Å². The molecule has 0 spiro atoms. The van der Waals surface area contributed by atoms with Crippen LogP contribution in [0, 0.1) is 34.5 Å². The van der Waals surface area contributed by atoms with E-state index in [2.05, 4.69) is 29.8 Å². The van der Waals surface area contributed by atoms with Gasteiger partial charge in [0.15, 0.2) is 0 Å². The van der Waals surface area contributed by atoms with Gasteiger partial charge >= 0.3 is 5.97 Å². The van der Waals surface area contributed by atoms with Crippen LogP contribution in [-0.2, 0) is 14.3 Å². The van der Waals surface area contributed by atoms with Crippen LogP contribution in [-0.4, -0.2) is 41.3 Å². The molecule has 5 heteroatoms. The minimum atomic E-state index is -0.246. The molecule has 0 bridgehead atoms. The SMILES string of the molecule is CO[C@H]1CC[C@@]2(C)C(C1)C[C@H](O)C1C2CC[C@@]2(C)C1C[C@@H](Br)[C@@H]2OC(C)=O. The van der Waals surface area contributed by atoms with Gasteiger partial charge in [0.2, 0.25) is 0 Å². The number of aliphatic hydroxyl groups is 1. The Morgan fingerprint density at radius 3 is 2.44 bits per heavy atom. The van der Waals surface area contributed by atoms with E-state index in [1.54, 1.807) is 0 Å². The highest BCUT2D eigenvalue weighted by Crippen LogP contribution is 2.67. The molecular formula is C22H35BrO4. The molecule has 154 valence electrons. The highest BCUT2D eigenvalue weighted by Gasteiger charge is 2.65. The third-order valence-electron chi connectivity index (χ3n) is 9.16. The molecule has 1 N–H and O–H groups in total. The molecule has 10 atom stereocenters. The van der Waals surface area contributed by atoms with Crippen LogP contribution in [0.15, 0.2) is 0 Å². The third-order valence-corrected chi connectivity index (χ3v) is 10.0. The number of hydrogen-bond acceptors (Lipinski definition) is 4. The Labute approximate surface area is 171 Å². The number of methoxy groups -OCH3 is 1. The van der Waals surface area contributed by atoms with Crippen molar-refractivity contribution < 1.29 is 19.4 Å². The largest absolute Gasteiger partial charge is 0.461 e. The molecule has 0 heterocycles. The average Bonchev–Trinajstić information content (AvgIpc) is 2.86. The number of alkyl halides is 1. The molecule has 0 aromatic rings. The van der Waals surface area contributed by atoms with E-state index < -0.39 is 0 Å². The predicted molar refractivity (Wildman–Crippen MR) is 108 cm³/mol. The van der Waals surface area contributed by atoms with Gasteiger partial charge in [0.05, 0.1) is 17.0 Å². The van der Waals surface area contributed by atoms with Crippen molar-refractivity contribution in [1.82, 2.24) is 0 Å². The van der Waals surface area contributed by atoms with Gasteiger partial charge < -0.3 is 14.6 Å².